The third-order valence-electron chi connectivity index (χ3n) is 2.97. The van der Waals surface area contributed by atoms with Crippen molar-refractivity contribution in [2.45, 2.75) is 5.60 Å². The van der Waals surface area contributed by atoms with Crippen molar-refractivity contribution in [3.05, 3.63) is 70.0 Å². The molecule has 0 spiro atoms. The number of hydrogen-bond donors (Lipinski definition) is 1. The maximum absolute atomic E-state index is 10.8. The quantitative estimate of drug-likeness (QED) is 0.874. The highest BCUT2D eigenvalue weighted by Gasteiger charge is 2.35. The lowest BCUT2D eigenvalue weighted by atomic mass is 9.92. The molecule has 84 valence electrons. The lowest BCUT2D eigenvalue weighted by molar-refractivity contribution is 0.133. The van der Waals surface area contributed by atoms with Gasteiger partial charge in [-0.25, -0.2) is 0 Å². The van der Waals surface area contributed by atoms with Crippen LogP contribution in [0.1, 0.15) is 16.8 Å². The zero-order chi connectivity index (χ0) is 11.9. The molecule has 0 saturated heterocycles. The Morgan fingerprint density at radius 1 is 1.18 bits per heavy atom. The number of benzene rings is 1. The van der Waals surface area contributed by atoms with Crippen LogP contribution in [0.2, 0.25) is 0 Å². The summed E-state index contributed by atoms with van der Waals surface area (Å²) >= 11 is 3.42. The number of aliphatic hydroxyl groups is 1. The van der Waals surface area contributed by atoms with E-state index in [4.69, 9.17) is 0 Å². The molecule has 1 aromatic heterocycles. The van der Waals surface area contributed by atoms with Crippen molar-refractivity contribution in [3.8, 4) is 0 Å². The molecule has 3 heteroatoms. The summed E-state index contributed by atoms with van der Waals surface area (Å²) in [7, 11) is 0. The van der Waals surface area contributed by atoms with E-state index in [1.807, 2.05) is 42.5 Å². The maximum Gasteiger partial charge on any atom is 0.151 e. The summed E-state index contributed by atoms with van der Waals surface area (Å²) in [6.07, 6.45) is 5.39. The van der Waals surface area contributed by atoms with Gasteiger partial charge in [0.2, 0.25) is 0 Å². The first kappa shape index (κ1) is 10.7. The van der Waals surface area contributed by atoms with Crippen molar-refractivity contribution in [2.75, 3.05) is 0 Å². The van der Waals surface area contributed by atoms with E-state index >= 15 is 0 Å². The summed E-state index contributed by atoms with van der Waals surface area (Å²) in [4.78, 5) is 4.29. The Morgan fingerprint density at radius 2 is 2.06 bits per heavy atom. The average molecular weight is 288 g/mol. The second-order valence-electron chi connectivity index (χ2n) is 4.05. The van der Waals surface area contributed by atoms with Crippen molar-refractivity contribution in [1.82, 2.24) is 4.98 Å². The van der Waals surface area contributed by atoms with Crippen LogP contribution in [-0.4, -0.2) is 10.1 Å². The molecule has 0 unspecified atom stereocenters. The van der Waals surface area contributed by atoms with Crippen LogP contribution in [0.4, 0.5) is 0 Å². The number of nitrogens with zero attached hydrogens (tertiary/aromatic N) is 1. The Bertz CT molecular complexity index is 609. The van der Waals surface area contributed by atoms with Crippen LogP contribution in [0.15, 0.2) is 53.1 Å². The van der Waals surface area contributed by atoms with E-state index in [-0.39, 0.29) is 0 Å². The number of aromatic nitrogens is 1. The van der Waals surface area contributed by atoms with E-state index in [0.29, 0.717) is 5.69 Å². The van der Waals surface area contributed by atoms with Gasteiger partial charge in [0, 0.05) is 10.7 Å². The van der Waals surface area contributed by atoms with Gasteiger partial charge in [-0.2, -0.15) is 0 Å². The van der Waals surface area contributed by atoms with E-state index in [9.17, 15) is 5.11 Å². The molecule has 0 amide bonds. The monoisotopic (exact) mass is 287 g/mol. The van der Waals surface area contributed by atoms with Gasteiger partial charge in [-0.15, -0.1) is 0 Å². The van der Waals surface area contributed by atoms with Gasteiger partial charge in [-0.3, -0.25) is 4.98 Å². The highest BCUT2D eigenvalue weighted by atomic mass is 79.9. The zero-order valence-corrected chi connectivity index (χ0v) is 10.6. The van der Waals surface area contributed by atoms with Crippen molar-refractivity contribution in [3.63, 3.8) is 0 Å². The summed E-state index contributed by atoms with van der Waals surface area (Å²) in [6, 6.07) is 11.5. The molecule has 0 radical (unpaired) electrons. The Balaban J connectivity index is 2.19. The second kappa shape index (κ2) is 3.79. The first-order chi connectivity index (χ1) is 8.20. The SMILES string of the molecule is O[C@@]1(c2cccc(Br)c2)C=Cc2cccnc21. The summed E-state index contributed by atoms with van der Waals surface area (Å²) in [5.74, 6) is 0. The molecule has 0 bridgehead atoms. The van der Waals surface area contributed by atoms with E-state index in [1.54, 1.807) is 12.3 Å². The Hall–Kier alpha value is -1.45. The fourth-order valence-electron chi connectivity index (χ4n) is 2.12. The van der Waals surface area contributed by atoms with Crippen LogP contribution >= 0.6 is 15.9 Å². The third kappa shape index (κ3) is 1.63. The van der Waals surface area contributed by atoms with Crippen molar-refractivity contribution < 1.29 is 5.11 Å². The van der Waals surface area contributed by atoms with E-state index in [1.165, 1.54) is 0 Å². The van der Waals surface area contributed by atoms with Crippen LogP contribution in [0.25, 0.3) is 6.08 Å². The molecule has 1 aliphatic rings. The van der Waals surface area contributed by atoms with Gasteiger partial charge in [0.15, 0.2) is 5.60 Å². The van der Waals surface area contributed by atoms with Gasteiger partial charge in [-0.1, -0.05) is 40.2 Å². The minimum Gasteiger partial charge on any atom is -0.375 e. The lowest BCUT2D eigenvalue weighted by Gasteiger charge is -2.22. The van der Waals surface area contributed by atoms with Crippen LogP contribution in [0.3, 0.4) is 0 Å². The molecule has 1 N–H and O–H groups in total. The largest absolute Gasteiger partial charge is 0.375 e. The second-order valence-corrected chi connectivity index (χ2v) is 4.97. The summed E-state index contributed by atoms with van der Waals surface area (Å²) < 4.78 is 0.946. The predicted octanol–water partition coefficient (Wildman–Crippen LogP) is 3.11. The van der Waals surface area contributed by atoms with Gasteiger partial charge >= 0.3 is 0 Å². The molecule has 1 aromatic carbocycles. The molecular weight excluding hydrogens is 278 g/mol. The minimum absolute atomic E-state index is 0.693. The molecule has 1 heterocycles. The van der Waals surface area contributed by atoms with Gasteiger partial charge in [0.25, 0.3) is 0 Å². The molecule has 0 saturated carbocycles. The third-order valence-corrected chi connectivity index (χ3v) is 3.46. The zero-order valence-electron chi connectivity index (χ0n) is 8.97. The maximum atomic E-state index is 10.8. The first-order valence-electron chi connectivity index (χ1n) is 5.33. The number of pyridine rings is 1. The highest BCUT2D eigenvalue weighted by molar-refractivity contribution is 9.10. The molecule has 1 aliphatic carbocycles. The first-order valence-corrected chi connectivity index (χ1v) is 6.12. The molecule has 3 rings (SSSR count). The van der Waals surface area contributed by atoms with E-state index in [2.05, 4.69) is 20.9 Å². The van der Waals surface area contributed by atoms with Crippen LogP contribution in [0, 0.1) is 0 Å². The number of halogens is 1. The number of hydrogen-bond acceptors (Lipinski definition) is 2. The standard InChI is InChI=1S/C14H10BrNO/c15-12-5-1-4-11(9-12)14(17)7-6-10-3-2-8-16-13(10)14/h1-9,17H/t14-/m1/s1. The van der Waals surface area contributed by atoms with Crippen molar-refractivity contribution in [2.24, 2.45) is 0 Å². The molecule has 17 heavy (non-hydrogen) atoms. The normalized spacial score (nSPS) is 21.5. The Morgan fingerprint density at radius 3 is 2.88 bits per heavy atom. The molecule has 2 nitrogen and oxygen atoms in total. The topological polar surface area (TPSA) is 33.1 Å². The fourth-order valence-corrected chi connectivity index (χ4v) is 2.52. The van der Waals surface area contributed by atoms with Crippen molar-refractivity contribution in [1.29, 1.82) is 0 Å². The summed E-state index contributed by atoms with van der Waals surface area (Å²) in [5, 5.41) is 10.8. The Kier molecular flexibility index (Phi) is 2.38. The predicted molar refractivity (Wildman–Crippen MR) is 70.4 cm³/mol. The molecule has 2 aromatic rings. The van der Waals surface area contributed by atoms with Gasteiger partial charge in [0.05, 0.1) is 5.69 Å². The van der Waals surface area contributed by atoms with E-state index in [0.717, 1.165) is 15.6 Å². The van der Waals surface area contributed by atoms with Crippen LogP contribution in [0.5, 0.6) is 0 Å². The minimum atomic E-state index is -1.11. The smallest absolute Gasteiger partial charge is 0.151 e. The molecule has 1 atom stereocenters. The number of fused-ring (bicyclic) bond motifs is 1. The Labute approximate surface area is 108 Å². The van der Waals surface area contributed by atoms with Gasteiger partial charge in [0.1, 0.15) is 0 Å². The van der Waals surface area contributed by atoms with Crippen molar-refractivity contribution >= 4 is 22.0 Å². The average Bonchev–Trinajstić information content (AvgIpc) is 2.69. The van der Waals surface area contributed by atoms with Gasteiger partial charge < -0.3 is 5.11 Å². The molecule has 0 fully saturated rings. The highest BCUT2D eigenvalue weighted by Crippen LogP contribution is 2.38. The van der Waals surface area contributed by atoms with E-state index < -0.39 is 5.60 Å². The van der Waals surface area contributed by atoms with Gasteiger partial charge in [-0.05, 0) is 35.4 Å². The summed E-state index contributed by atoms with van der Waals surface area (Å²) in [6.45, 7) is 0. The summed E-state index contributed by atoms with van der Waals surface area (Å²) in [5.41, 5.74) is 1.37. The molecule has 0 aliphatic heterocycles. The van der Waals surface area contributed by atoms with Crippen LogP contribution in [-0.2, 0) is 5.60 Å². The number of rotatable bonds is 1. The fraction of sp³-hybridized carbons (Fsp3) is 0.0714. The lowest BCUT2D eigenvalue weighted by Crippen LogP contribution is -2.24. The molecular formula is C14H10BrNO. The van der Waals surface area contributed by atoms with Crippen LogP contribution < -0.4 is 0 Å².